The van der Waals surface area contributed by atoms with Gasteiger partial charge in [-0.25, -0.2) is 0 Å². The lowest BCUT2D eigenvalue weighted by molar-refractivity contribution is -0.125. The number of nitrogens with one attached hydrogen (secondary N) is 1. The molecule has 1 amide bonds. The number of nitrogens with two attached hydrogens (primary N) is 2. The quantitative estimate of drug-likeness (QED) is 0.453. The Morgan fingerprint density at radius 1 is 1.62 bits per heavy atom. The van der Waals surface area contributed by atoms with Crippen molar-refractivity contribution in [2.24, 2.45) is 11.5 Å². The summed E-state index contributed by atoms with van der Waals surface area (Å²) in [6.07, 6.45) is 1.92. The molecule has 0 saturated carbocycles. The first-order valence-corrected chi connectivity index (χ1v) is 4.33. The van der Waals surface area contributed by atoms with Crippen LogP contribution in [0.1, 0.15) is 19.8 Å². The summed E-state index contributed by atoms with van der Waals surface area (Å²) in [5.41, 5.74) is 10.8. The molecule has 0 aromatic heterocycles. The van der Waals surface area contributed by atoms with Crippen molar-refractivity contribution in [2.75, 3.05) is 6.54 Å². The Balaban J connectivity index is 3.75. The van der Waals surface area contributed by atoms with Gasteiger partial charge in [0.1, 0.15) is 6.29 Å². The van der Waals surface area contributed by atoms with Crippen LogP contribution in [0, 0.1) is 0 Å². The second kappa shape index (κ2) is 6.56. The van der Waals surface area contributed by atoms with Gasteiger partial charge in [-0.15, -0.1) is 0 Å². The Hall–Kier alpha value is -0.940. The van der Waals surface area contributed by atoms with Crippen molar-refractivity contribution in [3.8, 4) is 0 Å². The maximum Gasteiger partial charge on any atom is 0.237 e. The average Bonchev–Trinajstić information content (AvgIpc) is 2.13. The third kappa shape index (κ3) is 5.32. The molecule has 5 N–H and O–H groups in total. The summed E-state index contributed by atoms with van der Waals surface area (Å²) >= 11 is 0. The third-order valence-electron chi connectivity index (χ3n) is 1.63. The summed E-state index contributed by atoms with van der Waals surface area (Å²) in [7, 11) is 0. The van der Waals surface area contributed by atoms with Crippen LogP contribution in [-0.2, 0) is 9.59 Å². The molecule has 0 aliphatic heterocycles. The largest absolute Gasteiger partial charge is 0.346 e. The van der Waals surface area contributed by atoms with Gasteiger partial charge in [0, 0.05) is 0 Å². The van der Waals surface area contributed by atoms with Crippen LogP contribution in [0.3, 0.4) is 0 Å². The van der Waals surface area contributed by atoms with Gasteiger partial charge in [0.2, 0.25) is 5.91 Å². The van der Waals surface area contributed by atoms with E-state index in [-0.39, 0.29) is 5.91 Å². The van der Waals surface area contributed by atoms with Crippen molar-refractivity contribution in [1.82, 2.24) is 5.32 Å². The highest BCUT2D eigenvalue weighted by Crippen LogP contribution is 1.93. The molecule has 2 atom stereocenters. The van der Waals surface area contributed by atoms with E-state index in [1.54, 1.807) is 6.92 Å². The number of aldehydes is 1. The number of carbonyl (C=O) groups excluding carboxylic acids is 2. The van der Waals surface area contributed by atoms with Crippen LogP contribution in [0.15, 0.2) is 0 Å². The number of rotatable bonds is 6. The highest BCUT2D eigenvalue weighted by atomic mass is 16.2. The predicted molar refractivity (Wildman–Crippen MR) is 49.9 cm³/mol. The van der Waals surface area contributed by atoms with Crippen LogP contribution in [0.25, 0.3) is 0 Å². The van der Waals surface area contributed by atoms with Gasteiger partial charge in [-0.3, -0.25) is 4.79 Å². The van der Waals surface area contributed by atoms with Gasteiger partial charge in [0.25, 0.3) is 0 Å². The Bertz CT molecular complexity index is 173. The number of amides is 1. The minimum atomic E-state index is -0.564. The first-order chi connectivity index (χ1) is 6.11. The van der Waals surface area contributed by atoms with Gasteiger partial charge in [0.05, 0.1) is 12.1 Å². The van der Waals surface area contributed by atoms with Crippen molar-refractivity contribution in [3.63, 3.8) is 0 Å². The van der Waals surface area contributed by atoms with E-state index in [1.165, 1.54) is 0 Å². The van der Waals surface area contributed by atoms with Crippen LogP contribution in [0.5, 0.6) is 0 Å². The van der Waals surface area contributed by atoms with Gasteiger partial charge < -0.3 is 21.6 Å². The SMILES string of the molecule is C[C@@H](C=O)NC(=O)[C@@H](N)CCCN. The highest BCUT2D eigenvalue weighted by molar-refractivity contribution is 5.83. The molecular weight excluding hydrogens is 170 g/mol. The van der Waals surface area contributed by atoms with E-state index in [9.17, 15) is 9.59 Å². The minimum absolute atomic E-state index is 0.298. The van der Waals surface area contributed by atoms with Crippen molar-refractivity contribution in [1.29, 1.82) is 0 Å². The Kier molecular flexibility index (Phi) is 6.09. The topological polar surface area (TPSA) is 98.2 Å². The molecule has 0 radical (unpaired) electrons. The fraction of sp³-hybridized carbons (Fsp3) is 0.750. The van der Waals surface area contributed by atoms with Crippen LogP contribution < -0.4 is 16.8 Å². The molecule has 0 aliphatic carbocycles. The molecule has 0 aliphatic rings. The molecule has 0 heterocycles. The number of carbonyl (C=O) groups is 2. The van der Waals surface area contributed by atoms with Crippen molar-refractivity contribution in [2.45, 2.75) is 31.8 Å². The van der Waals surface area contributed by atoms with Gasteiger partial charge in [-0.05, 0) is 26.3 Å². The van der Waals surface area contributed by atoms with Gasteiger partial charge in [-0.2, -0.15) is 0 Å². The van der Waals surface area contributed by atoms with Crippen LogP contribution in [0.4, 0.5) is 0 Å². The molecule has 0 saturated heterocycles. The lowest BCUT2D eigenvalue weighted by Crippen LogP contribution is -2.45. The first kappa shape index (κ1) is 12.1. The molecule has 0 fully saturated rings. The molecule has 0 spiro atoms. The molecule has 0 aromatic rings. The Labute approximate surface area is 77.8 Å². The zero-order chi connectivity index (χ0) is 10.3. The number of hydrogen-bond acceptors (Lipinski definition) is 4. The second-order valence-electron chi connectivity index (χ2n) is 2.97. The molecule has 0 rings (SSSR count). The van der Waals surface area contributed by atoms with E-state index in [1.807, 2.05) is 0 Å². The number of hydrogen-bond donors (Lipinski definition) is 3. The fourth-order valence-corrected chi connectivity index (χ4v) is 0.834. The lowest BCUT2D eigenvalue weighted by Gasteiger charge is -2.12. The van der Waals surface area contributed by atoms with Gasteiger partial charge in [-0.1, -0.05) is 0 Å². The molecule has 0 aromatic carbocycles. The Morgan fingerprint density at radius 2 is 2.23 bits per heavy atom. The van der Waals surface area contributed by atoms with Crippen molar-refractivity contribution < 1.29 is 9.59 Å². The average molecular weight is 187 g/mol. The molecule has 0 bridgehead atoms. The van der Waals surface area contributed by atoms with Crippen LogP contribution in [0.2, 0.25) is 0 Å². The van der Waals surface area contributed by atoms with E-state index in [4.69, 9.17) is 11.5 Å². The van der Waals surface area contributed by atoms with E-state index < -0.39 is 12.1 Å². The third-order valence-corrected chi connectivity index (χ3v) is 1.63. The first-order valence-electron chi connectivity index (χ1n) is 4.33. The van der Waals surface area contributed by atoms with E-state index in [0.717, 1.165) is 0 Å². The molecule has 0 unspecified atom stereocenters. The van der Waals surface area contributed by atoms with Crippen molar-refractivity contribution >= 4 is 12.2 Å². The summed E-state index contributed by atoms with van der Waals surface area (Å²) in [5, 5.41) is 2.47. The standard InChI is InChI=1S/C8H17N3O2/c1-6(5-12)11-8(13)7(10)3-2-4-9/h5-7H,2-4,9-10H2,1H3,(H,11,13)/t6-,7-/m0/s1. The summed E-state index contributed by atoms with van der Waals surface area (Å²) in [6, 6.07) is -1.04. The van der Waals surface area contributed by atoms with Gasteiger partial charge >= 0.3 is 0 Å². The summed E-state index contributed by atoms with van der Waals surface area (Å²) < 4.78 is 0. The van der Waals surface area contributed by atoms with Crippen LogP contribution in [-0.4, -0.2) is 30.8 Å². The van der Waals surface area contributed by atoms with Gasteiger partial charge in [0.15, 0.2) is 0 Å². The monoisotopic (exact) mass is 187 g/mol. The second-order valence-corrected chi connectivity index (χ2v) is 2.97. The van der Waals surface area contributed by atoms with E-state index in [2.05, 4.69) is 5.32 Å². The smallest absolute Gasteiger partial charge is 0.237 e. The predicted octanol–water partition coefficient (Wildman–Crippen LogP) is -1.24. The molecule has 5 heteroatoms. The maximum atomic E-state index is 11.2. The maximum absolute atomic E-state index is 11.2. The van der Waals surface area contributed by atoms with Crippen molar-refractivity contribution in [3.05, 3.63) is 0 Å². The van der Waals surface area contributed by atoms with E-state index in [0.29, 0.717) is 25.7 Å². The molecular formula is C8H17N3O2. The molecule has 5 nitrogen and oxygen atoms in total. The lowest BCUT2D eigenvalue weighted by atomic mass is 10.1. The zero-order valence-electron chi connectivity index (χ0n) is 7.82. The highest BCUT2D eigenvalue weighted by Gasteiger charge is 2.14. The normalized spacial score (nSPS) is 14.7. The Morgan fingerprint density at radius 3 is 2.69 bits per heavy atom. The minimum Gasteiger partial charge on any atom is -0.346 e. The van der Waals surface area contributed by atoms with Crippen LogP contribution >= 0.6 is 0 Å². The fourth-order valence-electron chi connectivity index (χ4n) is 0.834. The molecule has 76 valence electrons. The summed E-state index contributed by atoms with van der Waals surface area (Å²) in [4.78, 5) is 21.4. The zero-order valence-corrected chi connectivity index (χ0v) is 7.82. The summed E-state index contributed by atoms with van der Waals surface area (Å²) in [5.74, 6) is -0.298. The van der Waals surface area contributed by atoms with E-state index >= 15 is 0 Å². The summed E-state index contributed by atoms with van der Waals surface area (Å²) in [6.45, 7) is 2.12. The molecule has 13 heavy (non-hydrogen) atoms.